The van der Waals surface area contributed by atoms with Gasteiger partial charge in [0.2, 0.25) is 0 Å². The van der Waals surface area contributed by atoms with Gasteiger partial charge in [-0.25, -0.2) is 0 Å². The normalized spacial score (nSPS) is 10.5. The third-order valence-electron chi connectivity index (χ3n) is 2.35. The highest BCUT2D eigenvalue weighted by Gasteiger charge is 2.09. The Morgan fingerprint density at radius 3 is 2.65 bits per heavy atom. The van der Waals surface area contributed by atoms with E-state index in [0.717, 1.165) is 10.4 Å². The first kappa shape index (κ1) is 12.6. The van der Waals surface area contributed by atoms with Gasteiger partial charge in [0.15, 0.2) is 0 Å². The highest BCUT2D eigenvalue weighted by atomic mass is 35.5. The highest BCUT2D eigenvalue weighted by Crippen LogP contribution is 2.22. The van der Waals surface area contributed by atoms with E-state index in [-0.39, 0.29) is 5.78 Å². The monoisotopic (exact) mass is 284 g/mol. The van der Waals surface area contributed by atoms with Crippen molar-refractivity contribution in [3.05, 3.63) is 56.2 Å². The minimum atomic E-state index is 0.164. The van der Waals surface area contributed by atoms with E-state index in [1.807, 2.05) is 17.5 Å². The maximum absolute atomic E-state index is 11.8. The number of halogens is 2. The largest absolute Gasteiger partial charge is 0.299 e. The van der Waals surface area contributed by atoms with Crippen LogP contribution in [0.1, 0.15) is 10.4 Å². The second-order valence-corrected chi connectivity index (χ2v) is 5.58. The number of hydrogen-bond donors (Lipinski definition) is 0. The van der Waals surface area contributed by atoms with Crippen LogP contribution in [0.2, 0.25) is 10.0 Å². The molecule has 0 bridgehead atoms. The van der Waals surface area contributed by atoms with Crippen molar-refractivity contribution in [3.63, 3.8) is 0 Å². The van der Waals surface area contributed by atoms with Crippen molar-refractivity contribution < 1.29 is 4.79 Å². The molecule has 1 aromatic carbocycles. The molecule has 4 heteroatoms. The van der Waals surface area contributed by atoms with Crippen molar-refractivity contribution in [1.29, 1.82) is 0 Å². The van der Waals surface area contributed by atoms with Gasteiger partial charge in [0.25, 0.3) is 0 Å². The van der Waals surface area contributed by atoms with Gasteiger partial charge in [0.05, 0.1) is 0 Å². The number of Topliss-reactive ketones (excluding diaryl/α,β-unsaturated/α-hetero) is 1. The summed E-state index contributed by atoms with van der Waals surface area (Å²) in [5, 5.41) is 3.11. The van der Waals surface area contributed by atoms with Gasteiger partial charge in [-0.05, 0) is 29.1 Å². The Bertz CT molecular complexity index is 520. The van der Waals surface area contributed by atoms with Crippen LogP contribution >= 0.6 is 34.5 Å². The van der Waals surface area contributed by atoms with Crippen LogP contribution in [-0.2, 0) is 17.6 Å². The van der Waals surface area contributed by atoms with Gasteiger partial charge < -0.3 is 0 Å². The topological polar surface area (TPSA) is 17.1 Å². The number of ketones is 1. The van der Waals surface area contributed by atoms with Crippen LogP contribution in [0.25, 0.3) is 0 Å². The Morgan fingerprint density at radius 1 is 1.18 bits per heavy atom. The molecule has 1 aromatic heterocycles. The van der Waals surface area contributed by atoms with Crippen LogP contribution in [0.3, 0.4) is 0 Å². The first-order chi connectivity index (χ1) is 8.15. The molecule has 1 nitrogen and oxygen atoms in total. The van der Waals surface area contributed by atoms with Gasteiger partial charge in [-0.1, -0.05) is 35.3 Å². The highest BCUT2D eigenvalue weighted by molar-refractivity contribution is 7.10. The third kappa shape index (κ3) is 3.56. The summed E-state index contributed by atoms with van der Waals surface area (Å²) < 4.78 is 0. The maximum Gasteiger partial charge on any atom is 0.142 e. The van der Waals surface area contributed by atoms with E-state index in [1.165, 1.54) is 0 Å². The molecule has 0 saturated carbocycles. The molecule has 1 heterocycles. The smallest absolute Gasteiger partial charge is 0.142 e. The van der Waals surface area contributed by atoms with E-state index in [2.05, 4.69) is 0 Å². The minimum absolute atomic E-state index is 0.164. The second kappa shape index (κ2) is 5.67. The average Bonchev–Trinajstić information content (AvgIpc) is 2.75. The van der Waals surface area contributed by atoms with Crippen LogP contribution in [0.5, 0.6) is 0 Å². The van der Waals surface area contributed by atoms with Crippen molar-refractivity contribution in [3.8, 4) is 0 Å². The summed E-state index contributed by atoms with van der Waals surface area (Å²) >= 11 is 13.4. The molecule has 0 fully saturated rings. The first-order valence-electron chi connectivity index (χ1n) is 5.13. The minimum Gasteiger partial charge on any atom is -0.299 e. The summed E-state index contributed by atoms with van der Waals surface area (Å²) in [6.45, 7) is 0. The lowest BCUT2D eigenvalue weighted by Crippen LogP contribution is -2.05. The molecule has 0 unspecified atom stereocenters. The van der Waals surface area contributed by atoms with E-state index < -0.39 is 0 Å². The van der Waals surface area contributed by atoms with Crippen molar-refractivity contribution in [2.24, 2.45) is 0 Å². The average molecular weight is 285 g/mol. The van der Waals surface area contributed by atoms with Crippen LogP contribution < -0.4 is 0 Å². The summed E-state index contributed by atoms with van der Waals surface area (Å²) in [6.07, 6.45) is 0.824. The van der Waals surface area contributed by atoms with Gasteiger partial charge >= 0.3 is 0 Å². The SMILES string of the molecule is O=C(Cc1cccs1)Cc1ccc(Cl)cc1Cl. The molecular weight excluding hydrogens is 275 g/mol. The lowest BCUT2D eigenvalue weighted by Gasteiger charge is -2.03. The van der Waals surface area contributed by atoms with E-state index in [9.17, 15) is 4.79 Å². The maximum atomic E-state index is 11.8. The summed E-state index contributed by atoms with van der Waals surface area (Å²) in [4.78, 5) is 12.9. The zero-order chi connectivity index (χ0) is 12.3. The Morgan fingerprint density at radius 2 is 2.00 bits per heavy atom. The molecule has 0 aliphatic rings. The number of thiophene rings is 1. The van der Waals surface area contributed by atoms with Gasteiger partial charge in [-0.3, -0.25) is 4.79 Å². The summed E-state index contributed by atoms with van der Waals surface area (Å²) in [7, 11) is 0. The molecule has 0 aliphatic carbocycles. The van der Waals surface area contributed by atoms with Gasteiger partial charge in [0, 0.05) is 27.8 Å². The molecular formula is C13H10Cl2OS. The Balaban J connectivity index is 2.03. The van der Waals surface area contributed by atoms with Crippen LogP contribution in [0.4, 0.5) is 0 Å². The second-order valence-electron chi connectivity index (χ2n) is 3.71. The van der Waals surface area contributed by atoms with Crippen LogP contribution in [0, 0.1) is 0 Å². The fourth-order valence-electron chi connectivity index (χ4n) is 1.55. The van der Waals surface area contributed by atoms with Crippen molar-refractivity contribution >= 4 is 40.3 Å². The molecule has 17 heavy (non-hydrogen) atoms. The van der Waals surface area contributed by atoms with Crippen LogP contribution in [-0.4, -0.2) is 5.78 Å². The molecule has 2 aromatic rings. The molecule has 0 radical (unpaired) electrons. The standard InChI is InChI=1S/C13H10Cl2OS/c14-10-4-3-9(13(15)7-10)6-11(16)8-12-2-1-5-17-12/h1-5,7H,6,8H2. The summed E-state index contributed by atoms with van der Waals surface area (Å²) in [5.41, 5.74) is 0.831. The molecule has 88 valence electrons. The predicted octanol–water partition coefficient (Wildman–Crippen LogP) is 4.41. The van der Waals surface area contributed by atoms with Crippen molar-refractivity contribution in [1.82, 2.24) is 0 Å². The summed E-state index contributed by atoms with van der Waals surface area (Å²) in [6, 6.07) is 9.13. The Kier molecular flexibility index (Phi) is 4.21. The summed E-state index contributed by atoms with van der Waals surface area (Å²) in [5.74, 6) is 0.164. The Labute approximate surface area is 114 Å². The third-order valence-corrected chi connectivity index (χ3v) is 3.82. The molecule has 0 saturated heterocycles. The van der Waals surface area contributed by atoms with E-state index in [4.69, 9.17) is 23.2 Å². The molecule has 0 spiro atoms. The van der Waals surface area contributed by atoms with Gasteiger partial charge in [0.1, 0.15) is 5.78 Å². The first-order valence-corrected chi connectivity index (χ1v) is 6.77. The molecule has 0 atom stereocenters. The van der Waals surface area contributed by atoms with Gasteiger partial charge in [-0.2, -0.15) is 0 Å². The van der Waals surface area contributed by atoms with E-state index in [0.29, 0.717) is 22.9 Å². The van der Waals surface area contributed by atoms with E-state index >= 15 is 0 Å². The molecule has 0 N–H and O–H groups in total. The quantitative estimate of drug-likeness (QED) is 0.813. The lowest BCUT2D eigenvalue weighted by molar-refractivity contribution is -0.117. The van der Waals surface area contributed by atoms with Crippen molar-refractivity contribution in [2.45, 2.75) is 12.8 Å². The van der Waals surface area contributed by atoms with Crippen molar-refractivity contribution in [2.75, 3.05) is 0 Å². The van der Waals surface area contributed by atoms with Gasteiger partial charge in [-0.15, -0.1) is 11.3 Å². The van der Waals surface area contributed by atoms with Crippen LogP contribution in [0.15, 0.2) is 35.7 Å². The molecule has 0 aliphatic heterocycles. The zero-order valence-corrected chi connectivity index (χ0v) is 11.3. The zero-order valence-electron chi connectivity index (χ0n) is 8.95. The molecule has 2 rings (SSSR count). The Hall–Kier alpha value is -0.830. The number of carbonyl (C=O) groups excluding carboxylic acids is 1. The van der Waals surface area contributed by atoms with E-state index in [1.54, 1.807) is 29.5 Å². The predicted molar refractivity (Wildman–Crippen MR) is 73.2 cm³/mol. The fraction of sp³-hybridized carbons (Fsp3) is 0.154. The number of carbonyl (C=O) groups is 1. The number of benzene rings is 1. The lowest BCUT2D eigenvalue weighted by atomic mass is 10.1. The molecule has 0 amide bonds. The number of hydrogen-bond acceptors (Lipinski definition) is 2. The number of rotatable bonds is 4. The fourth-order valence-corrected chi connectivity index (χ4v) is 2.76.